The summed E-state index contributed by atoms with van der Waals surface area (Å²) in [5.74, 6) is 1.25. The zero-order valence-electron chi connectivity index (χ0n) is 17.6. The van der Waals surface area contributed by atoms with Gasteiger partial charge in [-0.15, -0.1) is 0 Å². The smallest absolute Gasteiger partial charge is 0.407 e. The van der Waals surface area contributed by atoms with E-state index in [1.54, 1.807) is 0 Å². The highest BCUT2D eigenvalue weighted by Crippen LogP contribution is 2.53. The molecule has 26 heavy (non-hydrogen) atoms. The Kier molecular flexibility index (Phi) is 7.57. The van der Waals surface area contributed by atoms with Crippen LogP contribution in [0.1, 0.15) is 73.6 Å². The van der Waals surface area contributed by atoms with Crippen molar-refractivity contribution in [2.75, 3.05) is 13.2 Å². The molecule has 0 aromatic carbocycles. The second kappa shape index (κ2) is 9.25. The first kappa shape index (κ1) is 21.3. The molecule has 1 N–H and O–H groups in total. The standard InChI is InChI=1S/C22H39NO3/c1-7-8-9-10-11-19-20-16(4)12-17(5)22(13-25-19,18(20)6)14-26-21(24)23-15(2)3/h12,15,17-20H,7-11,13-14H2,1-6H3,(H,23,24)/t17-,18-,19+,20-,22-/m1/s1. The van der Waals surface area contributed by atoms with Crippen molar-refractivity contribution in [2.24, 2.45) is 23.2 Å². The minimum absolute atomic E-state index is 0.0891. The molecule has 5 atom stereocenters. The van der Waals surface area contributed by atoms with Gasteiger partial charge < -0.3 is 14.8 Å². The quantitative estimate of drug-likeness (QED) is 0.467. The van der Waals surface area contributed by atoms with Crippen molar-refractivity contribution >= 4 is 6.09 Å². The van der Waals surface area contributed by atoms with Crippen molar-refractivity contribution in [2.45, 2.75) is 85.8 Å². The molecule has 2 rings (SSSR count). The van der Waals surface area contributed by atoms with E-state index in [0.29, 0.717) is 37.1 Å². The van der Waals surface area contributed by atoms with E-state index < -0.39 is 0 Å². The maximum Gasteiger partial charge on any atom is 0.407 e. The molecule has 1 heterocycles. The van der Waals surface area contributed by atoms with Crippen LogP contribution < -0.4 is 5.32 Å². The molecule has 4 heteroatoms. The fourth-order valence-electron chi connectivity index (χ4n) is 4.90. The lowest BCUT2D eigenvalue weighted by molar-refractivity contribution is -0.165. The summed E-state index contributed by atoms with van der Waals surface area (Å²) in [4.78, 5) is 12.0. The number of alkyl carbamates (subject to hydrolysis) is 1. The molecule has 0 unspecified atom stereocenters. The second-order valence-corrected chi connectivity index (χ2v) is 8.82. The van der Waals surface area contributed by atoms with Gasteiger partial charge in [0.15, 0.2) is 0 Å². The minimum atomic E-state index is -0.321. The number of amides is 1. The van der Waals surface area contributed by atoms with Gasteiger partial charge in [-0.25, -0.2) is 4.79 Å². The molecule has 0 saturated carbocycles. The highest BCUT2D eigenvalue weighted by Gasteiger charge is 2.53. The van der Waals surface area contributed by atoms with E-state index in [2.05, 4.69) is 39.1 Å². The summed E-state index contributed by atoms with van der Waals surface area (Å²) in [5.41, 5.74) is 1.34. The lowest BCUT2D eigenvalue weighted by Gasteiger charge is -2.55. The van der Waals surface area contributed by atoms with E-state index in [-0.39, 0.29) is 17.6 Å². The number of carbonyl (C=O) groups is 1. The van der Waals surface area contributed by atoms with Gasteiger partial charge in [0.1, 0.15) is 6.61 Å². The number of hydrogen-bond acceptors (Lipinski definition) is 3. The van der Waals surface area contributed by atoms with E-state index in [4.69, 9.17) is 9.47 Å². The van der Waals surface area contributed by atoms with Crippen LogP contribution in [0.4, 0.5) is 4.79 Å². The van der Waals surface area contributed by atoms with Gasteiger partial charge >= 0.3 is 6.09 Å². The van der Waals surface area contributed by atoms with Gasteiger partial charge in [-0.2, -0.15) is 0 Å². The summed E-state index contributed by atoms with van der Waals surface area (Å²) < 4.78 is 12.0. The zero-order valence-corrected chi connectivity index (χ0v) is 17.6. The molecule has 1 aliphatic heterocycles. The van der Waals surface area contributed by atoms with E-state index >= 15 is 0 Å². The fourth-order valence-corrected chi connectivity index (χ4v) is 4.90. The molecule has 0 aromatic heterocycles. The molecular formula is C22H39NO3. The number of hydrogen-bond donors (Lipinski definition) is 1. The van der Waals surface area contributed by atoms with Gasteiger partial charge in [-0.1, -0.05) is 58.1 Å². The lowest BCUT2D eigenvalue weighted by atomic mass is 9.56. The van der Waals surface area contributed by atoms with Crippen LogP contribution >= 0.6 is 0 Å². The minimum Gasteiger partial charge on any atom is -0.449 e. The SMILES string of the molecule is CCCCCC[C@@H]1OC[C@@]2(COC(=O)NC(C)C)[C@H](C)C=C(C)[C@@H]1[C@H]2C. The topological polar surface area (TPSA) is 47.6 Å². The number of ether oxygens (including phenoxy) is 2. The Morgan fingerprint density at radius 2 is 2.08 bits per heavy atom. The molecule has 0 aromatic rings. The van der Waals surface area contributed by atoms with E-state index in [1.807, 2.05) is 13.8 Å². The van der Waals surface area contributed by atoms with Crippen LogP contribution in [0.2, 0.25) is 0 Å². The van der Waals surface area contributed by atoms with E-state index in [9.17, 15) is 4.79 Å². The highest BCUT2D eigenvalue weighted by atomic mass is 16.6. The Morgan fingerprint density at radius 1 is 1.35 bits per heavy atom. The van der Waals surface area contributed by atoms with Crippen molar-refractivity contribution in [3.05, 3.63) is 11.6 Å². The molecule has 2 bridgehead atoms. The molecule has 1 aliphatic carbocycles. The average Bonchev–Trinajstić information content (AvgIpc) is 2.56. The Hall–Kier alpha value is -1.03. The number of carbonyl (C=O) groups excluding carboxylic acids is 1. The van der Waals surface area contributed by atoms with E-state index in [0.717, 1.165) is 6.42 Å². The Bertz CT molecular complexity index is 502. The second-order valence-electron chi connectivity index (χ2n) is 8.82. The molecule has 1 amide bonds. The number of rotatable bonds is 8. The van der Waals surface area contributed by atoms with Crippen LogP contribution in [0.15, 0.2) is 11.6 Å². The predicted octanol–water partition coefficient (Wildman–Crippen LogP) is 5.32. The number of unbranched alkanes of at least 4 members (excludes halogenated alkanes) is 3. The van der Waals surface area contributed by atoms with Crippen LogP contribution in [0.25, 0.3) is 0 Å². The van der Waals surface area contributed by atoms with Crippen LogP contribution in [0, 0.1) is 23.2 Å². The van der Waals surface area contributed by atoms with Gasteiger partial charge in [0, 0.05) is 17.4 Å². The highest BCUT2D eigenvalue weighted by molar-refractivity contribution is 5.67. The maximum absolute atomic E-state index is 12.0. The van der Waals surface area contributed by atoms with Gasteiger partial charge in [-0.05, 0) is 39.0 Å². The number of fused-ring (bicyclic) bond motifs is 2. The summed E-state index contributed by atoms with van der Waals surface area (Å²) in [6, 6.07) is 0.0891. The first-order valence-corrected chi connectivity index (χ1v) is 10.5. The average molecular weight is 366 g/mol. The Morgan fingerprint density at radius 3 is 2.73 bits per heavy atom. The van der Waals surface area contributed by atoms with Crippen molar-refractivity contribution in [3.63, 3.8) is 0 Å². The number of allylic oxidation sites excluding steroid dienone is 1. The molecule has 0 spiro atoms. The van der Waals surface area contributed by atoms with Crippen LogP contribution in [-0.4, -0.2) is 31.5 Å². The molecule has 1 saturated heterocycles. The predicted molar refractivity (Wildman–Crippen MR) is 106 cm³/mol. The molecule has 1 fully saturated rings. The van der Waals surface area contributed by atoms with Crippen molar-refractivity contribution in [1.82, 2.24) is 5.32 Å². The molecular weight excluding hydrogens is 326 g/mol. The van der Waals surface area contributed by atoms with Gasteiger partial charge in [0.25, 0.3) is 0 Å². The van der Waals surface area contributed by atoms with Crippen molar-refractivity contribution < 1.29 is 14.3 Å². The summed E-state index contributed by atoms with van der Waals surface area (Å²) in [5, 5.41) is 2.82. The third-order valence-electron chi connectivity index (χ3n) is 6.58. The Balaban J connectivity index is 2.06. The molecule has 2 aliphatic rings. The monoisotopic (exact) mass is 365 g/mol. The largest absolute Gasteiger partial charge is 0.449 e. The van der Waals surface area contributed by atoms with Crippen LogP contribution in [0.5, 0.6) is 0 Å². The summed E-state index contributed by atoms with van der Waals surface area (Å²) in [6.45, 7) is 14.1. The summed E-state index contributed by atoms with van der Waals surface area (Å²) in [6.07, 6.45) is 8.63. The lowest BCUT2D eigenvalue weighted by Crippen LogP contribution is -2.57. The van der Waals surface area contributed by atoms with Gasteiger partial charge in [0.05, 0.1) is 12.7 Å². The number of nitrogens with one attached hydrogen (secondary N) is 1. The zero-order chi connectivity index (χ0) is 19.3. The van der Waals surface area contributed by atoms with Gasteiger partial charge in [0.2, 0.25) is 0 Å². The summed E-state index contributed by atoms with van der Waals surface area (Å²) >= 11 is 0. The Labute approximate surface area is 160 Å². The first-order chi connectivity index (χ1) is 12.3. The van der Waals surface area contributed by atoms with Gasteiger partial charge in [-0.3, -0.25) is 0 Å². The van der Waals surface area contributed by atoms with Crippen LogP contribution in [0.3, 0.4) is 0 Å². The third-order valence-corrected chi connectivity index (χ3v) is 6.58. The molecule has 0 radical (unpaired) electrons. The van der Waals surface area contributed by atoms with E-state index in [1.165, 1.54) is 31.3 Å². The third kappa shape index (κ3) is 4.62. The van der Waals surface area contributed by atoms with Crippen LogP contribution in [-0.2, 0) is 9.47 Å². The first-order valence-electron chi connectivity index (χ1n) is 10.5. The molecule has 150 valence electrons. The maximum atomic E-state index is 12.0. The molecule has 4 nitrogen and oxygen atoms in total. The fraction of sp³-hybridized carbons (Fsp3) is 0.864. The summed E-state index contributed by atoms with van der Waals surface area (Å²) in [7, 11) is 0. The van der Waals surface area contributed by atoms with Crippen molar-refractivity contribution in [1.29, 1.82) is 0 Å². The normalized spacial score (nSPS) is 33.7. The van der Waals surface area contributed by atoms with Crippen molar-refractivity contribution in [3.8, 4) is 0 Å².